The van der Waals surface area contributed by atoms with Crippen LogP contribution in [0.25, 0.3) is 0 Å². The summed E-state index contributed by atoms with van der Waals surface area (Å²) in [6, 6.07) is 10.4. The number of halogens is 2. The third kappa shape index (κ3) is 4.93. The van der Waals surface area contributed by atoms with Crippen molar-refractivity contribution in [1.29, 1.82) is 0 Å². The van der Waals surface area contributed by atoms with E-state index in [-0.39, 0.29) is 10.6 Å². The summed E-state index contributed by atoms with van der Waals surface area (Å²) in [4.78, 5) is 24.2. The highest BCUT2D eigenvalue weighted by molar-refractivity contribution is 6.30. The van der Waals surface area contributed by atoms with Crippen molar-refractivity contribution in [2.45, 2.75) is 20.0 Å². The van der Waals surface area contributed by atoms with Crippen LogP contribution >= 0.6 is 11.6 Å². The lowest BCUT2D eigenvalue weighted by atomic mass is 10.2. The second kappa shape index (κ2) is 8.48. The number of anilines is 1. The van der Waals surface area contributed by atoms with E-state index in [0.717, 1.165) is 6.07 Å². The molecule has 132 valence electrons. The van der Waals surface area contributed by atoms with Gasteiger partial charge >= 0.3 is 5.97 Å². The highest BCUT2D eigenvalue weighted by Gasteiger charge is 2.22. The first-order valence-electron chi connectivity index (χ1n) is 7.61. The van der Waals surface area contributed by atoms with E-state index in [1.54, 1.807) is 24.3 Å². The van der Waals surface area contributed by atoms with Gasteiger partial charge < -0.3 is 14.8 Å². The smallest absolute Gasteiger partial charge is 0.341 e. The molecule has 0 aliphatic carbocycles. The maximum Gasteiger partial charge on any atom is 0.341 e. The van der Waals surface area contributed by atoms with Gasteiger partial charge in [0.2, 0.25) is 0 Å². The van der Waals surface area contributed by atoms with Gasteiger partial charge in [-0.05, 0) is 44.2 Å². The third-order valence-corrected chi connectivity index (χ3v) is 3.48. The number of ether oxygens (including phenoxy) is 2. The van der Waals surface area contributed by atoms with E-state index in [4.69, 9.17) is 21.1 Å². The Bertz CT molecular complexity index is 781. The number of esters is 1. The molecule has 0 aliphatic rings. The first-order chi connectivity index (χ1) is 11.9. The van der Waals surface area contributed by atoms with E-state index in [1.807, 2.05) is 6.92 Å². The Hall–Kier alpha value is -2.60. The van der Waals surface area contributed by atoms with E-state index in [1.165, 1.54) is 19.1 Å². The van der Waals surface area contributed by atoms with Gasteiger partial charge in [0.25, 0.3) is 5.91 Å². The summed E-state index contributed by atoms with van der Waals surface area (Å²) in [6.07, 6.45) is -1.13. The zero-order chi connectivity index (χ0) is 18.4. The molecule has 7 heteroatoms. The van der Waals surface area contributed by atoms with E-state index in [2.05, 4.69) is 5.32 Å². The molecular formula is C18H17ClFNO4. The van der Waals surface area contributed by atoms with E-state index in [9.17, 15) is 14.0 Å². The lowest BCUT2D eigenvalue weighted by molar-refractivity contribution is -0.123. The number of nitrogens with one attached hydrogen (secondary N) is 1. The monoisotopic (exact) mass is 365 g/mol. The molecule has 0 aliphatic heterocycles. The van der Waals surface area contributed by atoms with Crippen LogP contribution in [0, 0.1) is 5.82 Å². The number of hydrogen-bond donors (Lipinski definition) is 1. The number of benzene rings is 2. The normalized spacial score (nSPS) is 11.5. The van der Waals surface area contributed by atoms with Crippen LogP contribution in [0.2, 0.25) is 5.02 Å². The summed E-state index contributed by atoms with van der Waals surface area (Å²) < 4.78 is 24.2. The highest BCUT2D eigenvalue weighted by atomic mass is 35.5. The molecule has 25 heavy (non-hydrogen) atoms. The number of para-hydroxylation sites is 2. The van der Waals surface area contributed by atoms with Crippen molar-refractivity contribution >= 4 is 29.2 Å². The summed E-state index contributed by atoms with van der Waals surface area (Å²) in [6.45, 7) is 3.65. The molecule has 2 rings (SSSR count). The molecule has 1 amide bonds. The largest absolute Gasteiger partial charge is 0.492 e. The highest BCUT2D eigenvalue weighted by Crippen LogP contribution is 2.24. The topological polar surface area (TPSA) is 64.6 Å². The zero-order valence-electron chi connectivity index (χ0n) is 13.7. The fraction of sp³-hybridized carbons (Fsp3) is 0.222. The molecule has 0 saturated heterocycles. The minimum atomic E-state index is -1.13. The number of hydrogen-bond acceptors (Lipinski definition) is 4. The second-order valence-corrected chi connectivity index (χ2v) is 5.53. The van der Waals surface area contributed by atoms with E-state index >= 15 is 0 Å². The predicted molar refractivity (Wildman–Crippen MR) is 92.5 cm³/mol. The molecule has 0 saturated carbocycles. The summed E-state index contributed by atoms with van der Waals surface area (Å²) in [5.41, 5.74) is 0.161. The van der Waals surface area contributed by atoms with Crippen molar-refractivity contribution in [1.82, 2.24) is 0 Å². The molecule has 0 radical (unpaired) electrons. The Morgan fingerprint density at radius 3 is 2.64 bits per heavy atom. The van der Waals surface area contributed by atoms with Crippen LogP contribution in [0.1, 0.15) is 24.2 Å². The van der Waals surface area contributed by atoms with Crippen molar-refractivity contribution in [2.24, 2.45) is 0 Å². The van der Waals surface area contributed by atoms with Crippen LogP contribution in [0.4, 0.5) is 10.1 Å². The second-order valence-electron chi connectivity index (χ2n) is 5.09. The summed E-state index contributed by atoms with van der Waals surface area (Å²) >= 11 is 5.64. The molecule has 1 N–H and O–H groups in total. The number of rotatable bonds is 6. The van der Waals surface area contributed by atoms with Crippen LogP contribution in [-0.2, 0) is 9.53 Å². The summed E-state index contributed by atoms with van der Waals surface area (Å²) in [7, 11) is 0. The van der Waals surface area contributed by atoms with Crippen LogP contribution in [-0.4, -0.2) is 24.6 Å². The Morgan fingerprint density at radius 1 is 1.24 bits per heavy atom. The summed E-state index contributed by atoms with van der Waals surface area (Å²) in [5.74, 6) is -1.82. The molecule has 0 unspecified atom stereocenters. The van der Waals surface area contributed by atoms with Crippen LogP contribution < -0.4 is 10.1 Å². The lowest BCUT2D eigenvalue weighted by Gasteiger charge is -2.15. The Kier molecular flexibility index (Phi) is 6.36. The molecular weight excluding hydrogens is 349 g/mol. The Morgan fingerprint density at radius 2 is 1.96 bits per heavy atom. The first-order valence-corrected chi connectivity index (χ1v) is 7.99. The van der Waals surface area contributed by atoms with Gasteiger partial charge in [-0.25, -0.2) is 9.18 Å². The maximum atomic E-state index is 13.7. The van der Waals surface area contributed by atoms with Gasteiger partial charge in [0.1, 0.15) is 11.6 Å². The number of amides is 1. The maximum absolute atomic E-state index is 13.7. The molecule has 0 heterocycles. The SMILES string of the molecule is CCOc1ccccc1NC(=O)[C@@H](C)OC(=O)c1ccc(Cl)cc1F. The lowest BCUT2D eigenvalue weighted by Crippen LogP contribution is -2.30. The molecule has 0 spiro atoms. The molecule has 0 bridgehead atoms. The predicted octanol–water partition coefficient (Wildman–Crippen LogP) is 4.06. The van der Waals surface area contributed by atoms with Crippen molar-refractivity contribution in [3.8, 4) is 5.75 Å². The molecule has 0 aromatic heterocycles. The molecule has 1 atom stereocenters. The van der Waals surface area contributed by atoms with Crippen LogP contribution in [0.5, 0.6) is 5.75 Å². The number of carbonyl (C=O) groups excluding carboxylic acids is 2. The van der Waals surface area contributed by atoms with Crippen molar-refractivity contribution in [3.63, 3.8) is 0 Å². The fourth-order valence-electron chi connectivity index (χ4n) is 2.02. The van der Waals surface area contributed by atoms with Gasteiger partial charge in [0, 0.05) is 5.02 Å². The van der Waals surface area contributed by atoms with Gasteiger partial charge in [0.15, 0.2) is 6.10 Å². The van der Waals surface area contributed by atoms with Crippen LogP contribution in [0.3, 0.4) is 0 Å². The average molecular weight is 366 g/mol. The van der Waals surface area contributed by atoms with Crippen molar-refractivity contribution in [3.05, 3.63) is 58.9 Å². The van der Waals surface area contributed by atoms with Gasteiger partial charge in [-0.15, -0.1) is 0 Å². The van der Waals surface area contributed by atoms with Crippen LogP contribution in [0.15, 0.2) is 42.5 Å². The van der Waals surface area contributed by atoms with Gasteiger partial charge in [-0.3, -0.25) is 4.79 Å². The van der Waals surface area contributed by atoms with Crippen molar-refractivity contribution < 1.29 is 23.5 Å². The first kappa shape index (κ1) is 18.7. The standard InChI is InChI=1S/C18H17ClFNO4/c1-3-24-16-7-5-4-6-15(16)21-17(22)11(2)25-18(23)13-9-8-12(19)10-14(13)20/h4-11H,3H2,1-2H3,(H,21,22)/t11-/m1/s1. The summed E-state index contributed by atoms with van der Waals surface area (Å²) in [5, 5.41) is 2.78. The number of carbonyl (C=O) groups is 2. The minimum Gasteiger partial charge on any atom is -0.492 e. The molecule has 2 aromatic carbocycles. The van der Waals surface area contributed by atoms with E-state index in [0.29, 0.717) is 18.0 Å². The molecule has 5 nitrogen and oxygen atoms in total. The zero-order valence-corrected chi connectivity index (χ0v) is 14.5. The Labute approximate surface area is 149 Å². The van der Waals surface area contributed by atoms with Gasteiger partial charge in [-0.1, -0.05) is 23.7 Å². The van der Waals surface area contributed by atoms with E-state index < -0.39 is 23.8 Å². The minimum absolute atomic E-state index is 0.160. The Balaban J connectivity index is 2.04. The molecule has 0 fully saturated rings. The van der Waals surface area contributed by atoms with Gasteiger partial charge in [0.05, 0.1) is 17.9 Å². The van der Waals surface area contributed by atoms with Crippen molar-refractivity contribution in [2.75, 3.05) is 11.9 Å². The average Bonchev–Trinajstić information content (AvgIpc) is 2.56. The van der Waals surface area contributed by atoms with Gasteiger partial charge in [-0.2, -0.15) is 0 Å². The fourth-order valence-corrected chi connectivity index (χ4v) is 2.18. The quantitative estimate of drug-likeness (QED) is 0.784. The third-order valence-electron chi connectivity index (χ3n) is 3.25. The molecule has 2 aromatic rings.